The van der Waals surface area contributed by atoms with Gasteiger partial charge in [0.15, 0.2) is 15.4 Å². The van der Waals surface area contributed by atoms with Gasteiger partial charge in [-0.25, -0.2) is 52.3 Å². The van der Waals surface area contributed by atoms with E-state index in [0.29, 0.717) is 50.2 Å². The monoisotopic (exact) mass is 1680 g/mol. The number of alkyl halides is 21. The van der Waals surface area contributed by atoms with Crippen molar-refractivity contribution in [2.45, 2.75) is 63.2 Å². The summed E-state index contributed by atoms with van der Waals surface area (Å²) in [5.41, 5.74) is 8.50. The van der Waals surface area contributed by atoms with Crippen molar-refractivity contribution in [3.05, 3.63) is 153 Å². The van der Waals surface area contributed by atoms with E-state index in [2.05, 4.69) is 78.1 Å². The maximum atomic E-state index is 12.9. The van der Waals surface area contributed by atoms with Crippen molar-refractivity contribution in [2.75, 3.05) is 24.3 Å². The summed E-state index contributed by atoms with van der Waals surface area (Å²) in [4.78, 5) is 32.4. The first-order valence-corrected chi connectivity index (χ1v) is 32.0. The number of thiazole rings is 6. The van der Waals surface area contributed by atoms with Gasteiger partial charge < -0.3 is 21.9 Å². The highest BCUT2D eigenvalue weighted by Gasteiger charge is 2.42. The second-order valence-electron chi connectivity index (χ2n) is 18.6. The van der Waals surface area contributed by atoms with Gasteiger partial charge in [0.2, 0.25) is 0 Å². The lowest BCUT2D eigenvalue weighted by Crippen LogP contribution is -2.22. The van der Waals surface area contributed by atoms with E-state index in [0.717, 1.165) is 83.2 Å². The average molecular weight is 1680 g/mol. The number of hydrogen-bond donors (Lipinski definition) is 3. The van der Waals surface area contributed by atoms with Crippen LogP contribution in [0.3, 0.4) is 0 Å². The lowest BCUT2D eigenvalue weighted by Gasteiger charge is -2.11. The number of nitrogens with two attached hydrogens (primary N) is 3. The number of nitrogens with zero attached hydrogens (tertiary/aromatic N) is 6. The molecule has 6 aromatic heterocycles. The highest BCUT2D eigenvalue weighted by atomic mass is 79.9. The fraction of sp³-hybridized carbons (Fsp3) is 0.204. The van der Waals surface area contributed by atoms with E-state index >= 15 is 0 Å². The smallest absolute Gasteiger partial charge is 0.418 e. The Morgan fingerprint density at radius 3 is 0.898 bits per heavy atom. The quantitative estimate of drug-likeness (QED) is 0.0808. The van der Waals surface area contributed by atoms with E-state index in [1.54, 1.807) is 6.92 Å². The largest absolute Gasteiger partial charge is 0.464 e. The van der Waals surface area contributed by atoms with Gasteiger partial charge in [-0.1, -0.05) is 34.0 Å². The van der Waals surface area contributed by atoms with Crippen molar-refractivity contribution in [1.29, 1.82) is 0 Å². The topological polar surface area (TPSA) is 182 Å². The Morgan fingerprint density at radius 2 is 0.602 bits per heavy atom. The number of carbonyl (C=O) groups is 1. The first kappa shape index (κ1) is 80.1. The van der Waals surface area contributed by atoms with E-state index in [4.69, 9.17) is 17.2 Å². The molecule has 98 heavy (non-hydrogen) atoms. The van der Waals surface area contributed by atoms with E-state index in [1.807, 2.05) is 6.92 Å². The zero-order chi connectivity index (χ0) is 74.1. The zero-order valence-corrected chi connectivity index (χ0v) is 56.6. The van der Waals surface area contributed by atoms with Crippen LogP contribution in [0.4, 0.5) is 121 Å². The highest BCUT2D eigenvalue weighted by Crippen LogP contribution is 2.45. The number of anilines is 3. The number of ether oxygens (including phenoxy) is 1. The van der Waals surface area contributed by atoms with E-state index in [1.165, 1.54) is 53.9 Å². The lowest BCUT2D eigenvalue weighted by molar-refractivity contribution is -0.157. The van der Waals surface area contributed by atoms with Gasteiger partial charge in [-0.05, 0) is 137 Å². The van der Waals surface area contributed by atoms with Gasteiger partial charge in [-0.15, -0.1) is 34.0 Å². The Morgan fingerprint density at radius 1 is 0.367 bits per heavy atom. The number of benzene rings is 6. The second kappa shape index (κ2) is 30.5. The van der Waals surface area contributed by atoms with E-state index in [9.17, 15) is 110 Å². The third-order valence-corrected chi connectivity index (χ3v) is 18.0. The molecule has 0 aliphatic rings. The number of esters is 1. The molecule has 528 valence electrons. The number of methoxy groups -OCH3 is 1. The Balaban J connectivity index is 0.000000183. The summed E-state index contributed by atoms with van der Waals surface area (Å²) in [5, 5.41) is -1.92. The number of aromatic nitrogens is 6. The molecule has 0 aliphatic carbocycles. The van der Waals surface area contributed by atoms with Crippen molar-refractivity contribution in [3.8, 4) is 0 Å². The maximum Gasteiger partial charge on any atom is 0.418 e. The van der Waals surface area contributed by atoms with Crippen molar-refractivity contribution >= 4 is 194 Å². The van der Waals surface area contributed by atoms with Crippen LogP contribution >= 0.6 is 111 Å². The number of rotatable bonds is 1. The molecule has 12 aromatic rings. The predicted molar refractivity (Wildman–Crippen MR) is 333 cm³/mol. The lowest BCUT2D eigenvalue weighted by atomic mass is 10.1. The van der Waals surface area contributed by atoms with Gasteiger partial charge in [-0.2, -0.15) is 87.8 Å². The van der Waals surface area contributed by atoms with Crippen LogP contribution in [0.2, 0.25) is 0 Å². The molecule has 6 heterocycles. The molecular weight excluding hydrogens is 1650 g/mol. The second-order valence-corrected chi connectivity index (χ2v) is 27.7. The van der Waals surface area contributed by atoms with Gasteiger partial charge in [0.05, 0.1) is 117 Å². The molecule has 0 bridgehead atoms. The van der Waals surface area contributed by atoms with Gasteiger partial charge in [0, 0.05) is 8.95 Å². The van der Waals surface area contributed by atoms with Crippen LogP contribution in [0, 0.1) is 44.0 Å². The van der Waals surface area contributed by atoms with Crippen LogP contribution in [-0.4, -0.2) is 48.4 Å². The molecule has 0 unspecified atom stereocenters. The number of nitrogen functional groups attached to an aromatic ring is 3. The summed E-state index contributed by atoms with van der Waals surface area (Å²) >= 11 is 16.7. The minimum Gasteiger partial charge on any atom is -0.464 e. The summed E-state index contributed by atoms with van der Waals surface area (Å²) in [6.07, 6.45) is -28.6. The summed E-state index contributed by atoms with van der Waals surface area (Å²) < 4.78 is 307. The third-order valence-electron chi connectivity index (χ3n) is 11.4. The molecule has 12 rings (SSSR count). The molecule has 6 N–H and O–H groups in total. The molecule has 0 saturated carbocycles. The van der Waals surface area contributed by atoms with Crippen LogP contribution in [0.25, 0.3) is 61.3 Å². The number of fused-ring (bicyclic) bond motifs is 6. The first-order valence-electron chi connectivity index (χ1n) is 25.1. The van der Waals surface area contributed by atoms with Crippen LogP contribution in [0.15, 0.2) is 81.7 Å². The van der Waals surface area contributed by atoms with Crippen molar-refractivity contribution in [1.82, 2.24) is 29.9 Å². The van der Waals surface area contributed by atoms with Gasteiger partial charge in [0.1, 0.15) is 23.3 Å². The summed E-state index contributed by atoms with van der Waals surface area (Å²) in [6, 6.07) is 10.1. The Bertz CT molecular complexity index is 4570. The molecule has 0 fully saturated rings. The molecule has 0 amide bonds. The normalized spacial score (nSPS) is 12.2. The minimum absolute atomic E-state index is 0.0129. The highest BCUT2D eigenvalue weighted by molar-refractivity contribution is 9.11. The molecular formula is C54H30Br2ClF24N9O2S6. The maximum absolute atomic E-state index is 12.9. The summed E-state index contributed by atoms with van der Waals surface area (Å²) in [7, 11) is 0.832. The Hall–Kier alpha value is -6.90. The number of halogens is 27. The molecule has 0 atom stereocenters. The van der Waals surface area contributed by atoms with Gasteiger partial charge in [-0.3, -0.25) is 0 Å². The summed E-state index contributed by atoms with van der Waals surface area (Å²) in [6.45, 7) is 4.94. The molecule has 0 spiro atoms. The fourth-order valence-electron chi connectivity index (χ4n) is 7.66. The zero-order valence-electron chi connectivity index (χ0n) is 47.8. The number of carbonyl (C=O) groups excluding carboxylic acids is 1. The molecule has 6 aromatic carbocycles. The molecule has 11 nitrogen and oxygen atoms in total. The average Bonchev–Trinajstić information content (AvgIpc) is 1.49. The molecule has 0 radical (unpaired) electrons. The SMILES string of the molecule is COC(=O)C(F)(F)Cl.Cc1nc2c(Br)cc(F)cc2s1.Cc1nc2c(C(F)(F)F)cc(C(F)(F)F)cc2s1.Cc1nc2c(C(F)(F)F)cc(F)cc2s1.Nc1nc2c(Br)cc(F)cc2s1.Nc1nc2c(C(F)(F)F)cc(C(F)(F)F)cc2s1.Nc1nc2c(C(F)(F)F)cc(F)cc2s1. The van der Waals surface area contributed by atoms with Crippen molar-refractivity contribution < 1.29 is 115 Å². The molecule has 0 saturated heterocycles. The third kappa shape index (κ3) is 21.1. The standard InChI is InChI=1S/C10H5F6NS.C9H4F6N2S.C9H5F4NS.C8H5BrFNS.C8H4F4N2S.C7H4BrFN2S.C3H3ClF2O2/c1-4-17-8-6(10(14,15)16)2-5(9(11,12)13)3-7(8)18-4;10-8(11,12)3-1-4(9(13,14)15)6-5(2-3)18-7(16)17-6;1-4-14-8-6(9(11,12)13)2-5(10)3-7(8)15-4;1-4-11-8-6(9)2-5(10)3-7(8)12-4;9-3-1-4(8(10,11)12)6-5(2-3)15-7(13)14-6;8-4-1-3(9)2-5-6(4)11-7(10)12-5;1-8-2(7)3(4,5)6/h2-3H,1H3;1-2H,(H2,16,17);2-3H,1H3;2-3H,1H3;1-2H,(H2,13,14);1-2H,(H2,10,11);1H3. The van der Waals surface area contributed by atoms with Crippen LogP contribution in [0.5, 0.6) is 0 Å². The van der Waals surface area contributed by atoms with Gasteiger partial charge in [0.25, 0.3) is 0 Å². The molecule has 44 heteroatoms. The number of aryl methyl sites for hydroxylation is 3. The van der Waals surface area contributed by atoms with Crippen LogP contribution in [-0.2, 0) is 46.6 Å². The van der Waals surface area contributed by atoms with E-state index < -0.39 is 104 Å². The van der Waals surface area contributed by atoms with E-state index in [-0.39, 0.29) is 68.9 Å². The Kier molecular flexibility index (Phi) is 24.9. The van der Waals surface area contributed by atoms with Gasteiger partial charge >= 0.3 is 48.4 Å². The Labute approximate surface area is 576 Å². The number of hydrogen-bond acceptors (Lipinski definition) is 17. The van der Waals surface area contributed by atoms with Crippen LogP contribution in [0.1, 0.15) is 48.4 Å². The van der Waals surface area contributed by atoms with Crippen molar-refractivity contribution in [3.63, 3.8) is 0 Å². The fourth-order valence-corrected chi connectivity index (χ4v) is 14.1. The predicted octanol–water partition coefficient (Wildman–Crippen LogP) is 22.6. The minimum atomic E-state index is -4.92. The summed E-state index contributed by atoms with van der Waals surface area (Å²) in [5.74, 6) is -4.08. The van der Waals surface area contributed by atoms with Crippen molar-refractivity contribution in [2.24, 2.45) is 0 Å². The molecule has 0 aliphatic heterocycles. The first-order chi connectivity index (χ1) is 44.7. The van der Waals surface area contributed by atoms with Crippen LogP contribution < -0.4 is 17.2 Å².